The maximum Gasteiger partial charge on any atom is 0.315 e. The first-order valence-corrected chi connectivity index (χ1v) is 5.04. The van der Waals surface area contributed by atoms with E-state index in [9.17, 15) is 9.59 Å². The number of carboxylic acid groups (broad SMARTS) is 1. The molecule has 5 heteroatoms. The fourth-order valence-corrected chi connectivity index (χ4v) is 1.13. The van der Waals surface area contributed by atoms with Crippen LogP contribution in [0.25, 0.3) is 0 Å². The third-order valence-corrected chi connectivity index (χ3v) is 2.34. The van der Waals surface area contributed by atoms with Crippen LogP contribution in [-0.4, -0.2) is 34.7 Å². The maximum absolute atomic E-state index is 11.4. The molecular formula is C10H19NO4. The van der Waals surface area contributed by atoms with Gasteiger partial charge in [-0.05, 0) is 19.3 Å². The van der Waals surface area contributed by atoms with Gasteiger partial charge in [0.15, 0.2) is 0 Å². The Hall–Kier alpha value is -1.10. The molecule has 0 aromatic heterocycles. The fraction of sp³-hybridized carbons (Fsp3) is 0.800. The highest BCUT2D eigenvalue weighted by atomic mass is 16.4. The highest BCUT2D eigenvalue weighted by Crippen LogP contribution is 2.07. The summed E-state index contributed by atoms with van der Waals surface area (Å²) in [4.78, 5) is 21.9. The molecule has 0 saturated carbocycles. The molecule has 1 amide bonds. The molecule has 0 fully saturated rings. The lowest BCUT2D eigenvalue weighted by Gasteiger charge is -2.22. The van der Waals surface area contributed by atoms with Crippen LogP contribution < -0.4 is 5.32 Å². The van der Waals surface area contributed by atoms with Crippen LogP contribution in [0.3, 0.4) is 0 Å². The number of rotatable bonds is 6. The molecule has 15 heavy (non-hydrogen) atoms. The first-order valence-electron chi connectivity index (χ1n) is 5.04. The number of carboxylic acids is 1. The van der Waals surface area contributed by atoms with Gasteiger partial charge in [0.1, 0.15) is 5.92 Å². The van der Waals surface area contributed by atoms with E-state index in [2.05, 4.69) is 5.32 Å². The molecule has 0 spiro atoms. The molecule has 0 radical (unpaired) electrons. The molecule has 0 bridgehead atoms. The second-order valence-corrected chi connectivity index (χ2v) is 3.93. The number of carbonyl (C=O) groups excluding carboxylic acids is 1. The van der Waals surface area contributed by atoms with Crippen LogP contribution in [-0.2, 0) is 9.59 Å². The predicted molar refractivity (Wildman–Crippen MR) is 55.3 cm³/mol. The normalized spacial score (nSPS) is 14.7. The van der Waals surface area contributed by atoms with E-state index in [-0.39, 0.29) is 18.6 Å². The van der Waals surface area contributed by atoms with E-state index >= 15 is 0 Å². The van der Waals surface area contributed by atoms with Gasteiger partial charge in [-0.1, -0.05) is 13.8 Å². The summed E-state index contributed by atoms with van der Waals surface area (Å²) in [5.41, 5.74) is 0. The van der Waals surface area contributed by atoms with E-state index in [0.717, 1.165) is 0 Å². The Balaban J connectivity index is 4.28. The van der Waals surface area contributed by atoms with E-state index < -0.39 is 17.8 Å². The number of hydrogen-bond donors (Lipinski definition) is 3. The molecule has 0 rings (SSSR count). The lowest BCUT2D eigenvalue weighted by atomic mass is 10.0. The molecule has 0 aromatic carbocycles. The van der Waals surface area contributed by atoms with Crippen molar-refractivity contribution in [2.75, 3.05) is 6.61 Å². The standard InChI is InChI=1S/C10H19NO4/c1-6(2)8(4-5-12)11-9(13)7(3)10(14)15/h6-8,12H,4-5H2,1-3H3,(H,11,13)(H,14,15). The van der Waals surface area contributed by atoms with Crippen LogP contribution in [0, 0.1) is 11.8 Å². The zero-order valence-electron chi connectivity index (χ0n) is 9.36. The Labute approximate surface area is 89.5 Å². The van der Waals surface area contributed by atoms with Gasteiger partial charge in [0.2, 0.25) is 5.91 Å². The van der Waals surface area contributed by atoms with Crippen molar-refractivity contribution in [2.24, 2.45) is 11.8 Å². The van der Waals surface area contributed by atoms with Crippen molar-refractivity contribution in [3.05, 3.63) is 0 Å². The molecule has 0 aromatic rings. The molecule has 0 aliphatic rings. The van der Waals surface area contributed by atoms with Crippen LogP contribution in [0.1, 0.15) is 27.2 Å². The summed E-state index contributed by atoms with van der Waals surface area (Å²) in [6, 6.07) is -0.177. The number of amides is 1. The third kappa shape index (κ3) is 4.78. The molecule has 0 heterocycles. The van der Waals surface area contributed by atoms with Crippen LogP contribution >= 0.6 is 0 Å². The third-order valence-electron chi connectivity index (χ3n) is 2.34. The van der Waals surface area contributed by atoms with E-state index in [1.165, 1.54) is 6.92 Å². The minimum Gasteiger partial charge on any atom is -0.481 e. The number of aliphatic hydroxyl groups excluding tert-OH is 1. The predicted octanol–water partition coefficient (Wildman–Crippen LogP) is 0.230. The highest BCUT2D eigenvalue weighted by Gasteiger charge is 2.24. The lowest BCUT2D eigenvalue weighted by Crippen LogP contribution is -2.43. The minimum absolute atomic E-state index is 0.0232. The van der Waals surface area contributed by atoms with Crippen LogP contribution in [0.5, 0.6) is 0 Å². The Morgan fingerprint density at radius 3 is 2.13 bits per heavy atom. The van der Waals surface area contributed by atoms with Crippen molar-refractivity contribution in [3.8, 4) is 0 Å². The molecule has 88 valence electrons. The van der Waals surface area contributed by atoms with Gasteiger partial charge in [-0.25, -0.2) is 0 Å². The van der Waals surface area contributed by atoms with Crippen molar-refractivity contribution in [3.63, 3.8) is 0 Å². The summed E-state index contributed by atoms with van der Waals surface area (Å²) in [7, 11) is 0. The summed E-state index contributed by atoms with van der Waals surface area (Å²) in [6.07, 6.45) is 0.440. The number of hydrogen-bond acceptors (Lipinski definition) is 3. The van der Waals surface area contributed by atoms with Crippen molar-refractivity contribution < 1.29 is 19.8 Å². The van der Waals surface area contributed by atoms with Gasteiger partial charge in [-0.3, -0.25) is 9.59 Å². The summed E-state index contributed by atoms with van der Waals surface area (Å²) in [5.74, 6) is -2.53. The van der Waals surface area contributed by atoms with Crippen LogP contribution in [0.15, 0.2) is 0 Å². The van der Waals surface area contributed by atoms with Gasteiger partial charge in [0, 0.05) is 12.6 Å². The molecular weight excluding hydrogens is 198 g/mol. The van der Waals surface area contributed by atoms with E-state index in [1.807, 2.05) is 13.8 Å². The molecule has 2 unspecified atom stereocenters. The lowest BCUT2D eigenvalue weighted by molar-refractivity contribution is -0.146. The van der Waals surface area contributed by atoms with Crippen molar-refractivity contribution in [1.82, 2.24) is 5.32 Å². The average molecular weight is 217 g/mol. The topological polar surface area (TPSA) is 86.6 Å². The van der Waals surface area contributed by atoms with Gasteiger partial charge in [0.25, 0.3) is 0 Å². The van der Waals surface area contributed by atoms with Crippen LogP contribution in [0.2, 0.25) is 0 Å². The Bertz CT molecular complexity index is 227. The van der Waals surface area contributed by atoms with Crippen molar-refractivity contribution >= 4 is 11.9 Å². The average Bonchev–Trinajstić information content (AvgIpc) is 2.15. The van der Waals surface area contributed by atoms with Gasteiger partial charge >= 0.3 is 5.97 Å². The molecule has 0 saturated heterocycles. The summed E-state index contributed by atoms with van der Waals surface area (Å²) < 4.78 is 0. The second kappa shape index (κ2) is 6.40. The zero-order valence-corrected chi connectivity index (χ0v) is 9.36. The second-order valence-electron chi connectivity index (χ2n) is 3.93. The fourth-order valence-electron chi connectivity index (χ4n) is 1.13. The first-order chi connectivity index (χ1) is 6.90. The first kappa shape index (κ1) is 13.9. The summed E-state index contributed by atoms with van der Waals surface area (Å²) >= 11 is 0. The number of aliphatic carboxylic acids is 1. The number of carbonyl (C=O) groups is 2. The van der Waals surface area contributed by atoms with Gasteiger partial charge in [-0.2, -0.15) is 0 Å². The smallest absolute Gasteiger partial charge is 0.315 e. The highest BCUT2D eigenvalue weighted by molar-refractivity contribution is 5.96. The van der Waals surface area contributed by atoms with Gasteiger partial charge in [0.05, 0.1) is 0 Å². The summed E-state index contributed by atoms with van der Waals surface area (Å²) in [5, 5.41) is 20.0. The van der Waals surface area contributed by atoms with Gasteiger partial charge < -0.3 is 15.5 Å². The molecule has 0 aliphatic carbocycles. The summed E-state index contributed by atoms with van der Waals surface area (Å²) in [6.45, 7) is 5.14. The largest absolute Gasteiger partial charge is 0.481 e. The number of aliphatic hydroxyl groups is 1. The van der Waals surface area contributed by atoms with E-state index in [4.69, 9.17) is 10.2 Å². The monoisotopic (exact) mass is 217 g/mol. The zero-order chi connectivity index (χ0) is 12.0. The van der Waals surface area contributed by atoms with E-state index in [1.54, 1.807) is 0 Å². The van der Waals surface area contributed by atoms with Gasteiger partial charge in [-0.15, -0.1) is 0 Å². The van der Waals surface area contributed by atoms with E-state index in [0.29, 0.717) is 6.42 Å². The SMILES string of the molecule is CC(C(=O)O)C(=O)NC(CCO)C(C)C. The van der Waals surface area contributed by atoms with Crippen LogP contribution in [0.4, 0.5) is 0 Å². The molecule has 2 atom stereocenters. The Morgan fingerprint density at radius 2 is 1.80 bits per heavy atom. The van der Waals surface area contributed by atoms with Crippen molar-refractivity contribution in [1.29, 1.82) is 0 Å². The Kier molecular flexibility index (Phi) is 5.93. The minimum atomic E-state index is -1.14. The quantitative estimate of drug-likeness (QED) is 0.556. The van der Waals surface area contributed by atoms with Crippen molar-refractivity contribution in [2.45, 2.75) is 33.2 Å². The Morgan fingerprint density at radius 1 is 1.27 bits per heavy atom. The molecule has 0 aliphatic heterocycles. The number of nitrogens with one attached hydrogen (secondary N) is 1. The molecule has 3 N–H and O–H groups in total. The molecule has 5 nitrogen and oxygen atoms in total. The maximum atomic E-state index is 11.4.